The van der Waals surface area contributed by atoms with Crippen molar-refractivity contribution in [1.29, 1.82) is 0 Å². The zero-order chi connectivity index (χ0) is 45.2. The topological polar surface area (TPSA) is 142 Å². The molecule has 11 atom stereocenters. The fraction of sp³-hybridized carbons (Fsp3) is 0.784. The number of aliphatic hydroxyl groups excluding tert-OH is 1. The van der Waals surface area contributed by atoms with E-state index in [0.717, 1.165) is 42.5 Å². The number of aromatic nitrogens is 1. The highest BCUT2D eigenvalue weighted by Crippen LogP contribution is 2.44. The molecule has 0 radical (unpaired) electrons. The number of hydrogen-bond acceptors (Lipinski definition) is 11. The quantitative estimate of drug-likeness (QED) is 0.0250. The molecule has 3 aliphatic rings. The Bertz CT molecular complexity index is 1580. The van der Waals surface area contributed by atoms with E-state index in [1.807, 2.05) is 65.8 Å². The van der Waals surface area contributed by atoms with Gasteiger partial charge in [-0.05, 0) is 82.4 Å². The molecule has 0 aliphatic carbocycles. The van der Waals surface area contributed by atoms with Gasteiger partial charge in [0.05, 0.1) is 24.4 Å². The lowest BCUT2D eigenvalue weighted by atomic mass is 9.86. The van der Waals surface area contributed by atoms with Crippen molar-refractivity contribution in [2.24, 2.45) is 17.8 Å². The van der Waals surface area contributed by atoms with Gasteiger partial charge in [0.25, 0.3) is 0 Å². The minimum Gasteiger partial charge on any atom is -0.462 e. The standard InChI is InChI=1S/C51H83NO10/c1-11-12-13-14-15-16-17-18-19-20-21-22-23-27-46(53)61-45(51(9)38(7)62-51)32-43(60-50(55)49-44(59-49)30-40-29-42(34(2)3)58-47(54)31-40)37(6)48(56-10)36(5)26-24-25-35(4)28-41-33-57-39(8)52-41/h24-26,28,33-34,37-38,40,42-46,48-49,53H,11-23,27,29-32H2,1-10H3/b25-24+,35-28+,36-26+. The number of carbonyl (C=O) groups is 2. The molecule has 4 heterocycles. The third kappa shape index (κ3) is 17.3. The number of esters is 2. The first kappa shape index (κ1) is 51.8. The molecular weight excluding hydrogens is 787 g/mol. The van der Waals surface area contributed by atoms with Crippen LogP contribution in [0, 0.1) is 24.7 Å². The van der Waals surface area contributed by atoms with E-state index in [9.17, 15) is 14.7 Å². The molecule has 11 unspecified atom stereocenters. The van der Waals surface area contributed by atoms with Crippen molar-refractivity contribution in [3.05, 3.63) is 47.2 Å². The summed E-state index contributed by atoms with van der Waals surface area (Å²) in [7, 11) is 1.67. The van der Waals surface area contributed by atoms with Crippen LogP contribution in [0.5, 0.6) is 0 Å². The Kier molecular flexibility index (Phi) is 21.9. The van der Waals surface area contributed by atoms with Gasteiger partial charge < -0.3 is 37.9 Å². The van der Waals surface area contributed by atoms with E-state index in [1.165, 1.54) is 64.2 Å². The monoisotopic (exact) mass is 870 g/mol. The maximum absolute atomic E-state index is 13.9. The fourth-order valence-electron chi connectivity index (χ4n) is 9.04. The summed E-state index contributed by atoms with van der Waals surface area (Å²) in [5.74, 6) is -0.0144. The number of ether oxygens (including phenoxy) is 6. The number of rotatable bonds is 31. The van der Waals surface area contributed by atoms with Crippen LogP contribution in [-0.4, -0.2) is 83.8 Å². The van der Waals surface area contributed by atoms with Crippen molar-refractivity contribution in [3.63, 3.8) is 0 Å². The van der Waals surface area contributed by atoms with Gasteiger partial charge in [-0.3, -0.25) is 4.79 Å². The third-order valence-corrected chi connectivity index (χ3v) is 13.3. The normalized spacial score (nSPS) is 26.6. The van der Waals surface area contributed by atoms with Gasteiger partial charge in [0.15, 0.2) is 18.3 Å². The van der Waals surface area contributed by atoms with Crippen LogP contribution in [0.4, 0.5) is 0 Å². The highest BCUT2D eigenvalue weighted by atomic mass is 16.7. The number of unbranched alkanes of at least 4 members (excludes halogenated alkanes) is 12. The Morgan fingerprint density at radius 3 is 2.21 bits per heavy atom. The van der Waals surface area contributed by atoms with E-state index in [0.29, 0.717) is 31.6 Å². The summed E-state index contributed by atoms with van der Waals surface area (Å²) in [6.07, 6.45) is 24.6. The van der Waals surface area contributed by atoms with E-state index >= 15 is 0 Å². The second kappa shape index (κ2) is 26.2. The van der Waals surface area contributed by atoms with Crippen molar-refractivity contribution in [3.8, 4) is 0 Å². The average Bonchev–Trinajstić information content (AvgIpc) is 4.08. The van der Waals surface area contributed by atoms with Crippen LogP contribution >= 0.6 is 0 Å². The maximum atomic E-state index is 13.9. The molecule has 3 saturated heterocycles. The lowest BCUT2D eigenvalue weighted by Gasteiger charge is -2.34. The molecule has 0 aromatic carbocycles. The molecule has 1 aromatic heterocycles. The number of nitrogens with zero attached hydrogens (tertiary/aromatic N) is 1. The van der Waals surface area contributed by atoms with E-state index in [-0.39, 0.29) is 42.0 Å². The molecule has 4 rings (SSSR count). The largest absolute Gasteiger partial charge is 0.462 e. The molecule has 62 heavy (non-hydrogen) atoms. The van der Waals surface area contributed by atoms with E-state index < -0.39 is 42.3 Å². The number of cyclic esters (lactones) is 1. The number of allylic oxidation sites excluding steroid dienone is 4. The van der Waals surface area contributed by atoms with Crippen molar-refractivity contribution < 1.29 is 47.5 Å². The first-order valence-corrected chi connectivity index (χ1v) is 24.2. The van der Waals surface area contributed by atoms with Gasteiger partial charge in [0.1, 0.15) is 29.8 Å². The molecule has 0 amide bonds. The summed E-state index contributed by atoms with van der Waals surface area (Å²) >= 11 is 0. The summed E-state index contributed by atoms with van der Waals surface area (Å²) in [5.41, 5.74) is 2.07. The number of methoxy groups -OCH3 is 1. The molecular formula is C51H83NO10. The van der Waals surface area contributed by atoms with Gasteiger partial charge in [-0.25, -0.2) is 9.78 Å². The fourth-order valence-corrected chi connectivity index (χ4v) is 9.04. The van der Waals surface area contributed by atoms with Gasteiger partial charge in [0.2, 0.25) is 0 Å². The highest BCUT2D eigenvalue weighted by Gasteiger charge is 2.57. The van der Waals surface area contributed by atoms with Gasteiger partial charge in [-0.1, -0.05) is 123 Å². The SMILES string of the molecule is CCCCCCCCCCCCCCCC(O)OC(CC(OC(=O)C1OC1CC1CC(=O)OC(C(C)C)C1)C(C)C(OC)/C(C)=C/C=C/C(C)=C/c1coc(C)n1)C1(C)OC1C. The molecule has 3 fully saturated rings. The number of oxazole rings is 1. The van der Waals surface area contributed by atoms with Crippen LogP contribution in [0.2, 0.25) is 0 Å². The summed E-state index contributed by atoms with van der Waals surface area (Å²) < 4.78 is 41.9. The second-order valence-corrected chi connectivity index (χ2v) is 19.1. The summed E-state index contributed by atoms with van der Waals surface area (Å²) in [6.45, 7) is 18.2. The molecule has 3 aliphatic heterocycles. The summed E-state index contributed by atoms with van der Waals surface area (Å²) in [5, 5.41) is 11.3. The smallest absolute Gasteiger partial charge is 0.338 e. The minimum atomic E-state index is -0.969. The Hall–Kier alpha value is -2.83. The van der Waals surface area contributed by atoms with Crippen LogP contribution < -0.4 is 0 Å². The van der Waals surface area contributed by atoms with Crippen molar-refractivity contribution in [1.82, 2.24) is 4.98 Å². The molecule has 11 nitrogen and oxygen atoms in total. The average molecular weight is 870 g/mol. The predicted octanol–water partition coefficient (Wildman–Crippen LogP) is 11.3. The van der Waals surface area contributed by atoms with Crippen molar-refractivity contribution in [2.75, 3.05) is 7.11 Å². The van der Waals surface area contributed by atoms with Gasteiger partial charge in [-0.15, -0.1) is 0 Å². The number of epoxide rings is 2. The zero-order valence-corrected chi connectivity index (χ0v) is 40.0. The Balaban J connectivity index is 1.39. The van der Waals surface area contributed by atoms with Crippen LogP contribution in [0.3, 0.4) is 0 Å². The molecule has 1 aromatic rings. The Morgan fingerprint density at radius 1 is 1.02 bits per heavy atom. The lowest BCUT2D eigenvalue weighted by molar-refractivity contribution is -0.179. The number of aliphatic hydroxyl groups is 1. The van der Waals surface area contributed by atoms with E-state index in [4.69, 9.17) is 32.8 Å². The van der Waals surface area contributed by atoms with E-state index in [2.05, 4.69) is 25.8 Å². The molecule has 1 N–H and O–H groups in total. The molecule has 352 valence electrons. The van der Waals surface area contributed by atoms with Crippen molar-refractivity contribution in [2.45, 2.75) is 233 Å². The van der Waals surface area contributed by atoms with Crippen LogP contribution in [0.1, 0.15) is 183 Å². The maximum Gasteiger partial charge on any atom is 0.338 e. The summed E-state index contributed by atoms with van der Waals surface area (Å²) in [4.78, 5) is 30.7. The number of aryl methyl sites for hydroxylation is 1. The first-order chi connectivity index (χ1) is 29.6. The van der Waals surface area contributed by atoms with Gasteiger partial charge in [-0.2, -0.15) is 0 Å². The molecule has 11 heteroatoms. The number of carbonyl (C=O) groups excluding carboxylic acids is 2. The van der Waals surface area contributed by atoms with Gasteiger partial charge >= 0.3 is 11.9 Å². The summed E-state index contributed by atoms with van der Waals surface area (Å²) in [6, 6.07) is 0. The highest BCUT2D eigenvalue weighted by molar-refractivity contribution is 5.78. The van der Waals surface area contributed by atoms with Gasteiger partial charge in [0, 0.05) is 32.8 Å². The van der Waals surface area contributed by atoms with Crippen LogP contribution in [-0.2, 0) is 38.0 Å². The van der Waals surface area contributed by atoms with Crippen LogP contribution in [0.25, 0.3) is 6.08 Å². The molecule has 0 spiro atoms. The Morgan fingerprint density at radius 2 is 1.65 bits per heavy atom. The Labute approximate surface area is 374 Å². The zero-order valence-electron chi connectivity index (χ0n) is 40.0. The lowest BCUT2D eigenvalue weighted by Crippen LogP contribution is -2.44. The third-order valence-electron chi connectivity index (χ3n) is 13.3. The molecule has 0 saturated carbocycles. The van der Waals surface area contributed by atoms with Crippen LogP contribution in [0.15, 0.2) is 40.1 Å². The molecule has 0 bridgehead atoms. The second-order valence-electron chi connectivity index (χ2n) is 19.1. The predicted molar refractivity (Wildman–Crippen MR) is 243 cm³/mol. The number of hydrogen-bond donors (Lipinski definition) is 1. The van der Waals surface area contributed by atoms with E-state index in [1.54, 1.807) is 13.4 Å². The van der Waals surface area contributed by atoms with Crippen molar-refractivity contribution >= 4 is 18.0 Å². The minimum absolute atomic E-state index is 0.0843. The first-order valence-electron chi connectivity index (χ1n) is 24.2.